The van der Waals surface area contributed by atoms with Crippen LogP contribution in [-0.4, -0.2) is 18.5 Å². The second kappa shape index (κ2) is 5.85. The van der Waals surface area contributed by atoms with E-state index in [0.29, 0.717) is 5.02 Å². The summed E-state index contributed by atoms with van der Waals surface area (Å²) in [6.07, 6.45) is 3.15. The van der Waals surface area contributed by atoms with Gasteiger partial charge in [-0.3, -0.25) is 4.79 Å². The van der Waals surface area contributed by atoms with Gasteiger partial charge in [0.25, 0.3) is 0 Å². The monoisotopic (exact) mass is 316 g/mol. The van der Waals surface area contributed by atoms with Gasteiger partial charge in [0.1, 0.15) is 0 Å². The highest BCUT2D eigenvalue weighted by atomic mass is 79.9. The molecule has 1 heterocycles. The van der Waals surface area contributed by atoms with Gasteiger partial charge in [-0.05, 0) is 53.5 Å². The van der Waals surface area contributed by atoms with E-state index in [9.17, 15) is 4.79 Å². The molecule has 0 bridgehead atoms. The van der Waals surface area contributed by atoms with Crippen LogP contribution < -0.4 is 10.6 Å². The topological polar surface area (TPSA) is 41.1 Å². The molecule has 1 amide bonds. The fraction of sp³-hybridized carbons (Fsp3) is 0.417. The van der Waals surface area contributed by atoms with E-state index in [1.165, 1.54) is 0 Å². The second-order valence-corrected chi connectivity index (χ2v) is 5.38. The summed E-state index contributed by atoms with van der Waals surface area (Å²) in [6.45, 7) is 0.916. The first-order valence-corrected chi connectivity index (χ1v) is 6.83. The largest absolute Gasteiger partial charge is 0.325 e. The third-order valence-corrected chi connectivity index (χ3v) is 4.05. The molecule has 1 aromatic rings. The van der Waals surface area contributed by atoms with E-state index in [2.05, 4.69) is 26.6 Å². The maximum absolute atomic E-state index is 11.9. The van der Waals surface area contributed by atoms with E-state index in [1.807, 2.05) is 12.1 Å². The first-order chi connectivity index (χ1) is 8.16. The molecule has 0 saturated carbocycles. The molecule has 3 nitrogen and oxygen atoms in total. The van der Waals surface area contributed by atoms with E-state index >= 15 is 0 Å². The summed E-state index contributed by atoms with van der Waals surface area (Å²) in [7, 11) is 0. The fourth-order valence-corrected chi connectivity index (χ4v) is 2.31. The van der Waals surface area contributed by atoms with Crippen molar-refractivity contribution in [3.05, 3.63) is 27.7 Å². The van der Waals surface area contributed by atoms with Gasteiger partial charge >= 0.3 is 0 Å². The van der Waals surface area contributed by atoms with Crippen LogP contribution in [0, 0.1) is 0 Å². The number of rotatable bonds is 2. The van der Waals surface area contributed by atoms with E-state index in [-0.39, 0.29) is 11.9 Å². The van der Waals surface area contributed by atoms with Crippen LogP contribution >= 0.6 is 27.5 Å². The maximum atomic E-state index is 11.9. The van der Waals surface area contributed by atoms with E-state index in [4.69, 9.17) is 11.6 Å². The molecule has 2 N–H and O–H groups in total. The number of anilines is 1. The summed E-state index contributed by atoms with van der Waals surface area (Å²) in [5.41, 5.74) is 0.732. The van der Waals surface area contributed by atoms with Crippen LogP contribution in [0.25, 0.3) is 0 Å². The SMILES string of the molecule is O=C(Nc1ccc(Br)c(Cl)c1)[C@H]1CCCCN1. The molecule has 5 heteroatoms. The van der Waals surface area contributed by atoms with Crippen molar-refractivity contribution < 1.29 is 4.79 Å². The van der Waals surface area contributed by atoms with Gasteiger partial charge in [0.15, 0.2) is 0 Å². The van der Waals surface area contributed by atoms with Crippen LogP contribution in [0.4, 0.5) is 5.69 Å². The average molecular weight is 318 g/mol. The lowest BCUT2D eigenvalue weighted by atomic mass is 10.0. The van der Waals surface area contributed by atoms with Gasteiger partial charge in [0.2, 0.25) is 5.91 Å². The van der Waals surface area contributed by atoms with Crippen molar-refractivity contribution in [1.82, 2.24) is 5.32 Å². The molecule has 1 aliphatic heterocycles. The van der Waals surface area contributed by atoms with Crippen molar-refractivity contribution in [3.63, 3.8) is 0 Å². The highest BCUT2D eigenvalue weighted by Gasteiger charge is 2.20. The van der Waals surface area contributed by atoms with Crippen molar-refractivity contribution in [2.75, 3.05) is 11.9 Å². The van der Waals surface area contributed by atoms with Gasteiger partial charge in [-0.15, -0.1) is 0 Å². The van der Waals surface area contributed by atoms with Crippen LogP contribution in [0.3, 0.4) is 0 Å². The summed E-state index contributed by atoms with van der Waals surface area (Å²) in [5, 5.41) is 6.68. The molecule has 0 radical (unpaired) electrons. The van der Waals surface area contributed by atoms with Crippen LogP contribution in [0.2, 0.25) is 5.02 Å². The van der Waals surface area contributed by atoms with Gasteiger partial charge in [0, 0.05) is 10.2 Å². The van der Waals surface area contributed by atoms with Crippen LogP contribution in [-0.2, 0) is 4.79 Å². The number of benzene rings is 1. The third kappa shape index (κ3) is 3.44. The Morgan fingerprint density at radius 3 is 2.94 bits per heavy atom. The number of hydrogen-bond donors (Lipinski definition) is 2. The molecule has 0 unspecified atom stereocenters. The minimum atomic E-state index is -0.0776. The number of halogens is 2. The molecule has 92 valence electrons. The lowest BCUT2D eigenvalue weighted by Crippen LogP contribution is -2.43. The number of hydrogen-bond acceptors (Lipinski definition) is 2. The highest BCUT2D eigenvalue weighted by Crippen LogP contribution is 2.25. The van der Waals surface area contributed by atoms with E-state index < -0.39 is 0 Å². The summed E-state index contributed by atoms with van der Waals surface area (Å²) < 4.78 is 0.827. The lowest BCUT2D eigenvalue weighted by molar-refractivity contribution is -0.118. The first-order valence-electron chi connectivity index (χ1n) is 5.66. The van der Waals surface area contributed by atoms with Gasteiger partial charge in [-0.25, -0.2) is 0 Å². The molecular weight excluding hydrogens is 304 g/mol. The Morgan fingerprint density at radius 2 is 2.29 bits per heavy atom. The van der Waals surface area contributed by atoms with Crippen molar-refractivity contribution >= 4 is 39.1 Å². The predicted octanol–water partition coefficient (Wildman–Crippen LogP) is 3.18. The van der Waals surface area contributed by atoms with Crippen molar-refractivity contribution in [3.8, 4) is 0 Å². The smallest absolute Gasteiger partial charge is 0.241 e. The predicted molar refractivity (Wildman–Crippen MR) is 73.4 cm³/mol. The molecule has 0 aliphatic carbocycles. The van der Waals surface area contributed by atoms with Gasteiger partial charge in [-0.2, -0.15) is 0 Å². The standard InChI is InChI=1S/C12H14BrClN2O/c13-9-5-4-8(7-10(9)14)16-12(17)11-3-1-2-6-15-11/h4-5,7,11,15H,1-3,6H2,(H,16,17)/t11-/m1/s1. The summed E-state index contributed by atoms with van der Waals surface area (Å²) in [6, 6.07) is 5.32. The van der Waals surface area contributed by atoms with Crippen LogP contribution in [0.15, 0.2) is 22.7 Å². The molecule has 17 heavy (non-hydrogen) atoms. The molecule has 1 atom stereocenters. The molecule has 1 saturated heterocycles. The number of amides is 1. The molecule has 0 spiro atoms. The normalized spacial score (nSPS) is 20.0. The van der Waals surface area contributed by atoms with E-state index in [0.717, 1.165) is 36.0 Å². The van der Waals surface area contributed by atoms with Crippen LogP contribution in [0.1, 0.15) is 19.3 Å². The fourth-order valence-electron chi connectivity index (χ4n) is 1.88. The summed E-state index contributed by atoms with van der Waals surface area (Å²) >= 11 is 9.28. The van der Waals surface area contributed by atoms with Gasteiger partial charge in [0.05, 0.1) is 11.1 Å². The van der Waals surface area contributed by atoms with Gasteiger partial charge < -0.3 is 10.6 Å². The van der Waals surface area contributed by atoms with E-state index in [1.54, 1.807) is 6.07 Å². The average Bonchev–Trinajstić information content (AvgIpc) is 2.35. The number of nitrogens with one attached hydrogen (secondary N) is 2. The zero-order valence-electron chi connectivity index (χ0n) is 9.30. The first kappa shape index (κ1) is 12.9. The Labute approximate surface area is 114 Å². The Kier molecular flexibility index (Phi) is 4.42. The Hall–Kier alpha value is -0.580. The zero-order chi connectivity index (χ0) is 12.3. The molecular formula is C12H14BrClN2O. The second-order valence-electron chi connectivity index (χ2n) is 4.12. The van der Waals surface area contributed by atoms with Crippen molar-refractivity contribution in [2.45, 2.75) is 25.3 Å². The zero-order valence-corrected chi connectivity index (χ0v) is 11.6. The molecule has 0 aromatic heterocycles. The molecule has 2 rings (SSSR count). The number of piperidine rings is 1. The molecule has 1 fully saturated rings. The number of carbonyl (C=O) groups is 1. The van der Waals surface area contributed by atoms with Crippen LogP contribution in [0.5, 0.6) is 0 Å². The van der Waals surface area contributed by atoms with Gasteiger partial charge in [-0.1, -0.05) is 18.0 Å². The summed E-state index contributed by atoms with van der Waals surface area (Å²) in [5.74, 6) is 0.0167. The molecule has 1 aliphatic rings. The minimum Gasteiger partial charge on any atom is -0.325 e. The third-order valence-electron chi connectivity index (χ3n) is 2.81. The Balaban J connectivity index is 1.99. The number of carbonyl (C=O) groups excluding carboxylic acids is 1. The highest BCUT2D eigenvalue weighted by molar-refractivity contribution is 9.10. The Morgan fingerprint density at radius 1 is 1.47 bits per heavy atom. The lowest BCUT2D eigenvalue weighted by Gasteiger charge is -2.22. The van der Waals surface area contributed by atoms with Crippen molar-refractivity contribution in [2.24, 2.45) is 0 Å². The minimum absolute atomic E-state index is 0.0167. The molecule has 1 aromatic carbocycles. The summed E-state index contributed by atoms with van der Waals surface area (Å²) in [4.78, 5) is 11.9. The Bertz CT molecular complexity index is 419. The van der Waals surface area contributed by atoms with Crippen molar-refractivity contribution in [1.29, 1.82) is 0 Å². The maximum Gasteiger partial charge on any atom is 0.241 e. The quantitative estimate of drug-likeness (QED) is 0.879.